The number of rotatable bonds is 7. The average Bonchev–Trinajstić information content (AvgIpc) is 3.42. The monoisotopic (exact) mass is 441 g/mol. The number of carbonyl (C=O) groups is 2. The number of aliphatic hydroxyl groups excluding tert-OH is 1. The van der Waals surface area contributed by atoms with E-state index < -0.39 is 24.3 Å². The maximum atomic E-state index is 13.0. The molecule has 1 aromatic heterocycles. The van der Waals surface area contributed by atoms with Crippen molar-refractivity contribution < 1.29 is 23.8 Å². The molecular weight excluding hydrogens is 414 g/mol. The smallest absolute Gasteiger partial charge is 0.327 e. The number of nitrogens with one attached hydrogen (secondary N) is 1. The highest BCUT2D eigenvalue weighted by molar-refractivity contribution is 6.04. The minimum Gasteiger partial charge on any atom is -0.491 e. The zero-order valence-electron chi connectivity index (χ0n) is 18.3. The molecule has 32 heavy (non-hydrogen) atoms. The van der Waals surface area contributed by atoms with Gasteiger partial charge in [0.25, 0.3) is 5.91 Å². The van der Waals surface area contributed by atoms with Gasteiger partial charge < -0.3 is 29.4 Å². The molecule has 1 aromatic carbocycles. The van der Waals surface area contributed by atoms with Gasteiger partial charge in [-0.05, 0) is 30.7 Å². The molecule has 2 N–H and O–H groups in total. The molecule has 2 aliphatic rings. The highest BCUT2D eigenvalue weighted by Gasteiger charge is 2.52. The van der Waals surface area contributed by atoms with E-state index in [1.807, 2.05) is 31.2 Å². The summed E-state index contributed by atoms with van der Waals surface area (Å²) >= 11 is 0. The first-order valence-corrected chi connectivity index (χ1v) is 10.4. The molecule has 3 unspecified atom stereocenters. The lowest BCUT2D eigenvalue weighted by molar-refractivity contribution is -0.136. The van der Waals surface area contributed by atoms with Gasteiger partial charge in [0.1, 0.15) is 36.9 Å². The van der Waals surface area contributed by atoms with Crippen LogP contribution in [0.25, 0.3) is 0 Å². The first-order chi connectivity index (χ1) is 15.4. The normalized spacial score (nSPS) is 22.9. The largest absolute Gasteiger partial charge is 0.491 e. The molecule has 2 saturated heterocycles. The quantitative estimate of drug-likeness (QED) is 0.660. The van der Waals surface area contributed by atoms with E-state index >= 15 is 0 Å². The van der Waals surface area contributed by atoms with Crippen molar-refractivity contribution in [2.45, 2.75) is 31.8 Å². The second-order valence-corrected chi connectivity index (χ2v) is 7.93. The fourth-order valence-electron chi connectivity index (χ4n) is 3.90. The third kappa shape index (κ3) is 4.13. The molecule has 0 bridgehead atoms. The number of ether oxygens (including phenoxy) is 1. The maximum absolute atomic E-state index is 13.0. The molecule has 0 saturated carbocycles. The summed E-state index contributed by atoms with van der Waals surface area (Å²) in [6, 6.07) is 10.0. The summed E-state index contributed by atoms with van der Waals surface area (Å²) in [5, 5.41) is 13.9. The summed E-state index contributed by atoms with van der Waals surface area (Å²) in [7, 11) is 3.08. The van der Waals surface area contributed by atoms with Crippen LogP contribution in [0.2, 0.25) is 0 Å². The molecule has 10 heteroatoms. The average molecular weight is 441 g/mol. The number of β-amino-alcohol motifs (C(OH)–C–C–N with tert-alkyl or cyclic N) is 1. The number of imide groups is 1. The number of hydrogen-bond donors (Lipinski definition) is 2. The van der Waals surface area contributed by atoms with Crippen molar-refractivity contribution in [3.8, 4) is 5.75 Å². The molecule has 3 heterocycles. The van der Waals surface area contributed by atoms with E-state index in [-0.39, 0.29) is 25.6 Å². The number of benzene rings is 1. The fourth-order valence-corrected chi connectivity index (χ4v) is 3.90. The molecule has 0 aliphatic carbocycles. The summed E-state index contributed by atoms with van der Waals surface area (Å²) < 4.78 is 11.1. The Balaban J connectivity index is 1.53. The number of aryl methyl sites for hydroxylation is 1. The van der Waals surface area contributed by atoms with Crippen molar-refractivity contribution in [1.29, 1.82) is 0 Å². The third-order valence-electron chi connectivity index (χ3n) is 5.67. The van der Waals surface area contributed by atoms with Gasteiger partial charge in [0.05, 0.1) is 12.8 Å². The van der Waals surface area contributed by atoms with Gasteiger partial charge in [0.2, 0.25) is 0 Å². The molecule has 170 valence electrons. The van der Waals surface area contributed by atoms with Gasteiger partial charge in [0, 0.05) is 14.1 Å². The molecular formula is C22H27N5O5. The van der Waals surface area contributed by atoms with Crippen molar-refractivity contribution in [2.24, 2.45) is 4.99 Å². The van der Waals surface area contributed by atoms with Crippen molar-refractivity contribution in [3.05, 3.63) is 54.0 Å². The predicted molar refractivity (Wildman–Crippen MR) is 116 cm³/mol. The van der Waals surface area contributed by atoms with Gasteiger partial charge in [-0.3, -0.25) is 9.69 Å². The molecule has 3 amide bonds. The summed E-state index contributed by atoms with van der Waals surface area (Å²) in [4.78, 5) is 34.2. The van der Waals surface area contributed by atoms with Gasteiger partial charge in [-0.1, -0.05) is 18.2 Å². The second-order valence-electron chi connectivity index (χ2n) is 7.93. The van der Waals surface area contributed by atoms with Crippen LogP contribution in [-0.4, -0.2) is 83.3 Å². The molecule has 4 rings (SSSR count). The Morgan fingerprint density at radius 1 is 1.22 bits per heavy atom. The van der Waals surface area contributed by atoms with Crippen molar-refractivity contribution in [3.63, 3.8) is 0 Å². The summed E-state index contributed by atoms with van der Waals surface area (Å²) in [5.74, 6) is 1.40. The van der Waals surface area contributed by atoms with E-state index in [0.29, 0.717) is 17.5 Å². The standard InChI is InChI=1S/C22H27N5O5/c1-14-7-4-5-9-17(14)32-13-15(28)12-27-18-19(25(2)22(30)26(3)20(18)29)24-21(27)23-11-16-8-6-10-31-16/h4-10,15,18-19,28H,11-13H2,1-3H3,(H,23,24). The van der Waals surface area contributed by atoms with E-state index in [0.717, 1.165) is 10.5 Å². The molecule has 10 nitrogen and oxygen atoms in total. The highest BCUT2D eigenvalue weighted by Crippen LogP contribution is 2.25. The first kappa shape index (κ1) is 21.7. The number of carbonyl (C=O) groups excluding carboxylic acids is 2. The number of furan rings is 1. The molecule has 3 atom stereocenters. The van der Waals surface area contributed by atoms with Crippen LogP contribution in [-0.2, 0) is 11.3 Å². The Morgan fingerprint density at radius 2 is 2.00 bits per heavy atom. The van der Waals surface area contributed by atoms with Gasteiger partial charge in [0.15, 0.2) is 12.0 Å². The lowest BCUT2D eigenvalue weighted by atomic mass is 10.1. The number of aliphatic imine (C=N–C) groups is 1. The zero-order valence-corrected chi connectivity index (χ0v) is 18.3. The second kappa shape index (κ2) is 8.91. The summed E-state index contributed by atoms with van der Waals surface area (Å²) in [6.07, 6.45) is 0.0725. The Kier molecular flexibility index (Phi) is 6.04. The van der Waals surface area contributed by atoms with Crippen molar-refractivity contribution in [1.82, 2.24) is 20.0 Å². The molecule has 2 fully saturated rings. The van der Waals surface area contributed by atoms with Crippen LogP contribution in [0, 0.1) is 6.92 Å². The Morgan fingerprint density at radius 3 is 2.72 bits per heavy atom. The van der Waals surface area contributed by atoms with Crippen LogP contribution < -0.4 is 10.1 Å². The topological polar surface area (TPSA) is 111 Å². The van der Waals surface area contributed by atoms with Crippen molar-refractivity contribution in [2.75, 3.05) is 27.2 Å². The maximum Gasteiger partial charge on any atom is 0.327 e. The molecule has 0 spiro atoms. The van der Waals surface area contributed by atoms with Gasteiger partial charge in [-0.2, -0.15) is 0 Å². The van der Waals surface area contributed by atoms with E-state index in [2.05, 4.69) is 10.3 Å². The molecule has 2 aromatic rings. The summed E-state index contributed by atoms with van der Waals surface area (Å²) in [5.41, 5.74) is 0.965. The van der Waals surface area contributed by atoms with Crippen molar-refractivity contribution >= 4 is 17.9 Å². The van der Waals surface area contributed by atoms with Gasteiger partial charge >= 0.3 is 6.03 Å². The van der Waals surface area contributed by atoms with Gasteiger partial charge in [-0.25, -0.2) is 9.79 Å². The first-order valence-electron chi connectivity index (χ1n) is 10.4. The van der Waals surface area contributed by atoms with Crippen LogP contribution in [0.5, 0.6) is 5.75 Å². The third-order valence-corrected chi connectivity index (χ3v) is 5.67. The van der Waals surface area contributed by atoms with Crippen LogP contribution >= 0.6 is 0 Å². The van der Waals surface area contributed by atoms with E-state index in [1.54, 1.807) is 30.3 Å². The minimum atomic E-state index is -0.898. The fraction of sp³-hybridized carbons (Fsp3) is 0.409. The minimum absolute atomic E-state index is 0.0446. The Hall–Kier alpha value is -3.53. The number of hydrogen-bond acceptors (Lipinski definition) is 6. The number of urea groups is 1. The number of nitrogens with zero attached hydrogens (tertiary/aromatic N) is 4. The SMILES string of the molecule is Cc1ccccc1OCC(O)CN1C(=NCc2ccco2)NC2C1C(=O)N(C)C(=O)N2C. The van der Waals surface area contributed by atoms with Crippen LogP contribution in [0.1, 0.15) is 11.3 Å². The van der Waals surface area contributed by atoms with E-state index in [9.17, 15) is 14.7 Å². The highest BCUT2D eigenvalue weighted by atomic mass is 16.5. The number of aliphatic hydroxyl groups is 1. The van der Waals surface area contributed by atoms with Crippen LogP contribution in [0.3, 0.4) is 0 Å². The number of fused-ring (bicyclic) bond motifs is 1. The number of para-hydroxylation sites is 1. The predicted octanol–water partition coefficient (Wildman–Crippen LogP) is 1.01. The lowest BCUT2D eigenvalue weighted by Crippen LogP contribution is -2.65. The van der Waals surface area contributed by atoms with E-state index in [1.165, 1.54) is 11.9 Å². The van der Waals surface area contributed by atoms with Gasteiger partial charge in [-0.15, -0.1) is 0 Å². The Labute approximate surface area is 186 Å². The molecule has 2 aliphatic heterocycles. The summed E-state index contributed by atoms with van der Waals surface area (Å²) in [6.45, 7) is 2.32. The lowest BCUT2D eigenvalue weighted by Gasteiger charge is -2.39. The van der Waals surface area contributed by atoms with Crippen LogP contribution in [0.4, 0.5) is 4.79 Å². The van der Waals surface area contributed by atoms with Crippen LogP contribution in [0.15, 0.2) is 52.1 Å². The Bertz CT molecular complexity index is 1010. The number of amides is 3. The molecule has 0 radical (unpaired) electrons. The zero-order chi connectivity index (χ0) is 22.8. The van der Waals surface area contributed by atoms with E-state index in [4.69, 9.17) is 9.15 Å². The number of likely N-dealkylation sites (N-methyl/N-ethyl adjacent to an activating group) is 2. The number of guanidine groups is 1.